The first-order valence-corrected chi connectivity index (χ1v) is 10.5. The molecule has 148 valence electrons. The number of rotatable bonds is 4. The van der Waals surface area contributed by atoms with Crippen LogP contribution in [0.5, 0.6) is 0 Å². The van der Waals surface area contributed by atoms with E-state index in [1.807, 2.05) is 24.9 Å². The lowest BCUT2D eigenvalue weighted by atomic mass is 9.87. The lowest BCUT2D eigenvalue weighted by Crippen LogP contribution is -2.35. The third-order valence-electron chi connectivity index (χ3n) is 5.60. The Balaban J connectivity index is 1.49. The van der Waals surface area contributed by atoms with Crippen molar-refractivity contribution in [3.63, 3.8) is 0 Å². The van der Waals surface area contributed by atoms with Crippen LogP contribution < -0.4 is 5.32 Å². The van der Waals surface area contributed by atoms with Gasteiger partial charge in [0, 0.05) is 29.8 Å². The molecule has 0 radical (unpaired) electrons. The predicted molar refractivity (Wildman–Crippen MR) is 113 cm³/mol. The monoisotopic (exact) mass is 407 g/mol. The van der Waals surface area contributed by atoms with E-state index in [0.717, 1.165) is 58.6 Å². The number of fused-ring (bicyclic) bond motifs is 4. The molecule has 1 aliphatic rings. The molecule has 1 aliphatic carbocycles. The van der Waals surface area contributed by atoms with Gasteiger partial charge in [0.15, 0.2) is 5.65 Å². The zero-order valence-corrected chi connectivity index (χ0v) is 17.1. The minimum atomic E-state index is 0.0533. The van der Waals surface area contributed by atoms with Gasteiger partial charge in [0.1, 0.15) is 17.0 Å². The number of carbonyl (C=O) groups excluding carboxylic acids is 1. The average Bonchev–Trinajstić information content (AvgIpc) is 3.36. The molecule has 9 heteroatoms. The van der Waals surface area contributed by atoms with Crippen LogP contribution in [0.2, 0.25) is 0 Å². The van der Waals surface area contributed by atoms with Crippen LogP contribution in [0, 0.1) is 5.92 Å². The third kappa shape index (κ3) is 3.11. The minimum absolute atomic E-state index is 0.0533. The number of H-pyrrole nitrogens is 1. The molecule has 4 aromatic heterocycles. The highest BCUT2D eigenvalue weighted by Crippen LogP contribution is 2.40. The van der Waals surface area contributed by atoms with Crippen LogP contribution in [0.15, 0.2) is 24.8 Å². The molecule has 2 N–H and O–H groups in total. The van der Waals surface area contributed by atoms with E-state index in [1.54, 1.807) is 30.1 Å². The highest BCUT2D eigenvalue weighted by atomic mass is 32.1. The summed E-state index contributed by atoms with van der Waals surface area (Å²) >= 11 is 1.68. The van der Waals surface area contributed by atoms with Crippen LogP contribution in [0.1, 0.15) is 23.8 Å². The molecule has 1 unspecified atom stereocenters. The number of aryl methyl sites for hydroxylation is 1. The average molecular weight is 408 g/mol. The molecule has 29 heavy (non-hydrogen) atoms. The lowest BCUT2D eigenvalue weighted by Gasteiger charge is -2.26. The molecule has 0 aliphatic heterocycles. The van der Waals surface area contributed by atoms with Crippen molar-refractivity contribution in [2.45, 2.75) is 26.2 Å². The van der Waals surface area contributed by atoms with E-state index < -0.39 is 0 Å². The Morgan fingerprint density at radius 3 is 3.10 bits per heavy atom. The fourth-order valence-corrected chi connectivity index (χ4v) is 5.19. The van der Waals surface area contributed by atoms with Gasteiger partial charge in [0.2, 0.25) is 5.91 Å². The zero-order valence-electron chi connectivity index (χ0n) is 16.3. The molecule has 4 aromatic rings. The maximum absolute atomic E-state index is 12.6. The molecule has 0 saturated carbocycles. The van der Waals surface area contributed by atoms with Crippen LogP contribution in [-0.4, -0.2) is 49.5 Å². The van der Waals surface area contributed by atoms with Gasteiger partial charge in [0.05, 0.1) is 23.5 Å². The highest BCUT2D eigenvalue weighted by molar-refractivity contribution is 7.19. The Labute approximate surface area is 171 Å². The molecule has 5 rings (SSSR count). The van der Waals surface area contributed by atoms with Gasteiger partial charge >= 0.3 is 0 Å². The summed E-state index contributed by atoms with van der Waals surface area (Å²) in [6.07, 6.45) is 7.61. The molecule has 8 nitrogen and oxygen atoms in total. The van der Waals surface area contributed by atoms with Crippen LogP contribution in [0.3, 0.4) is 0 Å². The zero-order chi connectivity index (χ0) is 20.0. The van der Waals surface area contributed by atoms with E-state index in [9.17, 15) is 4.79 Å². The summed E-state index contributed by atoms with van der Waals surface area (Å²) in [5, 5.41) is 12.3. The number of aromatic amines is 1. The quantitative estimate of drug-likeness (QED) is 0.538. The van der Waals surface area contributed by atoms with Crippen LogP contribution in [0.25, 0.3) is 21.3 Å². The van der Waals surface area contributed by atoms with E-state index >= 15 is 0 Å². The number of carbonyl (C=O) groups is 1. The summed E-state index contributed by atoms with van der Waals surface area (Å²) in [4.78, 5) is 30.0. The van der Waals surface area contributed by atoms with Crippen molar-refractivity contribution in [1.29, 1.82) is 0 Å². The van der Waals surface area contributed by atoms with Gasteiger partial charge in [-0.15, -0.1) is 11.3 Å². The normalized spacial score (nSPS) is 16.1. The smallest absolute Gasteiger partial charge is 0.225 e. The first kappa shape index (κ1) is 18.0. The van der Waals surface area contributed by atoms with Crippen LogP contribution in [-0.2, 0) is 17.6 Å². The second kappa shape index (κ2) is 7.07. The van der Waals surface area contributed by atoms with Gasteiger partial charge in [-0.25, -0.2) is 15.0 Å². The van der Waals surface area contributed by atoms with E-state index in [-0.39, 0.29) is 11.8 Å². The van der Waals surface area contributed by atoms with Crippen LogP contribution >= 0.6 is 11.3 Å². The minimum Gasteiger partial charge on any atom is -0.346 e. The molecule has 1 atom stereocenters. The summed E-state index contributed by atoms with van der Waals surface area (Å²) in [6, 6.07) is 1.99. The van der Waals surface area contributed by atoms with Crippen molar-refractivity contribution >= 4 is 50.0 Å². The Morgan fingerprint density at radius 2 is 2.24 bits per heavy atom. The van der Waals surface area contributed by atoms with E-state index in [4.69, 9.17) is 0 Å². The van der Waals surface area contributed by atoms with Crippen molar-refractivity contribution in [2.24, 2.45) is 5.92 Å². The number of amides is 1. The van der Waals surface area contributed by atoms with Crippen molar-refractivity contribution in [3.8, 4) is 0 Å². The van der Waals surface area contributed by atoms with Gasteiger partial charge in [-0.05, 0) is 37.8 Å². The predicted octanol–water partition coefficient (Wildman–Crippen LogP) is 3.29. The number of nitrogens with one attached hydrogen (secondary N) is 2. The second-order valence-corrected chi connectivity index (χ2v) is 8.44. The molecule has 4 heterocycles. The number of thiophene rings is 1. The summed E-state index contributed by atoms with van der Waals surface area (Å²) in [5.41, 5.74) is 2.88. The van der Waals surface area contributed by atoms with Crippen molar-refractivity contribution in [2.75, 3.05) is 18.9 Å². The molecule has 0 fully saturated rings. The van der Waals surface area contributed by atoms with Crippen molar-refractivity contribution in [3.05, 3.63) is 35.2 Å². The molecule has 0 aromatic carbocycles. The van der Waals surface area contributed by atoms with E-state index in [0.29, 0.717) is 0 Å². The summed E-state index contributed by atoms with van der Waals surface area (Å²) in [5.74, 6) is 1.07. The topological polar surface area (TPSA) is 99.7 Å². The number of hydrogen-bond donors (Lipinski definition) is 2. The van der Waals surface area contributed by atoms with Gasteiger partial charge in [-0.3, -0.25) is 9.89 Å². The number of nitrogens with zero attached hydrogens (tertiary/aromatic N) is 5. The van der Waals surface area contributed by atoms with Gasteiger partial charge in [0.25, 0.3) is 0 Å². The van der Waals surface area contributed by atoms with Gasteiger partial charge < -0.3 is 10.2 Å². The fourth-order valence-electron chi connectivity index (χ4n) is 3.92. The van der Waals surface area contributed by atoms with Crippen molar-refractivity contribution < 1.29 is 4.79 Å². The van der Waals surface area contributed by atoms with Crippen molar-refractivity contribution in [1.82, 2.24) is 30.0 Å². The first-order chi connectivity index (χ1) is 14.1. The number of anilines is 2. The number of pyridine rings is 1. The molecule has 0 bridgehead atoms. The Kier molecular flexibility index (Phi) is 4.39. The van der Waals surface area contributed by atoms with Crippen LogP contribution in [0.4, 0.5) is 11.5 Å². The lowest BCUT2D eigenvalue weighted by molar-refractivity contribution is -0.134. The number of hydrogen-bond acceptors (Lipinski definition) is 7. The second-order valence-electron chi connectivity index (χ2n) is 7.36. The van der Waals surface area contributed by atoms with Gasteiger partial charge in [-0.2, -0.15) is 5.10 Å². The maximum atomic E-state index is 12.6. The molecular weight excluding hydrogens is 386 g/mol. The Bertz CT molecular complexity index is 1210. The molecule has 0 spiro atoms. The largest absolute Gasteiger partial charge is 0.346 e. The molecular formula is C20H21N7OS. The highest BCUT2D eigenvalue weighted by Gasteiger charge is 2.30. The maximum Gasteiger partial charge on any atom is 0.225 e. The third-order valence-corrected chi connectivity index (χ3v) is 6.76. The SMILES string of the molecule is CCN(C)C(=O)C1CCc2c(sc3ncnc(Nc4cnc5[nH]ncc5c4)c23)C1. The first-order valence-electron chi connectivity index (χ1n) is 9.70. The fraction of sp³-hybridized carbons (Fsp3) is 0.350. The standard InChI is InChI=1S/C20H21N7OS/c1-3-27(2)20(28)11-4-5-14-15(7-11)29-19-16(14)18(22-10-23-19)25-13-6-12-8-24-26-17(12)21-9-13/h6,8-11H,3-5,7H2,1-2H3,(H,21,24,26)(H,22,23,25). The summed E-state index contributed by atoms with van der Waals surface area (Å²) < 4.78 is 0. The molecule has 0 saturated heterocycles. The molecule has 1 amide bonds. The Hall–Kier alpha value is -3.07. The summed E-state index contributed by atoms with van der Waals surface area (Å²) in [6.45, 7) is 2.75. The number of aromatic nitrogens is 5. The van der Waals surface area contributed by atoms with E-state index in [2.05, 4.69) is 30.5 Å². The summed E-state index contributed by atoms with van der Waals surface area (Å²) in [7, 11) is 1.88. The van der Waals surface area contributed by atoms with E-state index in [1.165, 1.54) is 10.4 Å². The van der Waals surface area contributed by atoms with Gasteiger partial charge in [-0.1, -0.05) is 0 Å². The Morgan fingerprint density at radius 1 is 1.34 bits per heavy atom.